The van der Waals surface area contributed by atoms with Gasteiger partial charge in [-0.2, -0.15) is 0 Å². The number of nitrogens with zero attached hydrogens (tertiary/aromatic N) is 2. The van der Waals surface area contributed by atoms with Gasteiger partial charge >= 0.3 is 0 Å². The largest absolute Gasteiger partial charge is 0.381 e. The molecule has 6 heteroatoms. The second kappa shape index (κ2) is 6.18. The first-order valence-electron chi connectivity index (χ1n) is 7.15. The van der Waals surface area contributed by atoms with Crippen molar-refractivity contribution in [3.8, 4) is 0 Å². The molecule has 5 nitrogen and oxygen atoms in total. The van der Waals surface area contributed by atoms with Crippen LogP contribution < -0.4 is 5.32 Å². The molecule has 0 bridgehead atoms. The summed E-state index contributed by atoms with van der Waals surface area (Å²) >= 11 is 3.37. The van der Waals surface area contributed by atoms with Gasteiger partial charge in [0.1, 0.15) is 11.5 Å². The maximum absolute atomic E-state index is 12.4. The van der Waals surface area contributed by atoms with Crippen LogP contribution >= 0.6 is 15.9 Å². The average Bonchev–Trinajstić information content (AvgIpc) is 3.26. The van der Waals surface area contributed by atoms with Gasteiger partial charge < -0.3 is 10.1 Å². The summed E-state index contributed by atoms with van der Waals surface area (Å²) in [4.78, 5) is 21.1. The molecule has 1 N–H and O–H groups in total. The molecule has 1 aromatic heterocycles. The molecular formula is C14H18BrN3O2. The van der Waals surface area contributed by atoms with Crippen LogP contribution in [0, 0.1) is 0 Å². The van der Waals surface area contributed by atoms with E-state index in [9.17, 15) is 4.79 Å². The zero-order valence-electron chi connectivity index (χ0n) is 11.3. The first kappa shape index (κ1) is 13.9. The van der Waals surface area contributed by atoms with Gasteiger partial charge in [0.2, 0.25) is 0 Å². The predicted molar refractivity (Wildman–Crippen MR) is 77.6 cm³/mol. The number of halogens is 1. The second-order valence-corrected chi connectivity index (χ2v) is 6.27. The van der Waals surface area contributed by atoms with E-state index in [0.29, 0.717) is 22.7 Å². The molecule has 1 saturated heterocycles. The van der Waals surface area contributed by atoms with Crippen molar-refractivity contribution < 1.29 is 9.53 Å². The second-order valence-electron chi connectivity index (χ2n) is 5.41. The van der Waals surface area contributed by atoms with E-state index in [1.807, 2.05) is 0 Å². The van der Waals surface area contributed by atoms with Crippen molar-refractivity contribution in [2.75, 3.05) is 13.2 Å². The molecule has 0 aromatic carbocycles. The van der Waals surface area contributed by atoms with Crippen LogP contribution in [0.1, 0.15) is 54.3 Å². The zero-order chi connectivity index (χ0) is 13.9. The maximum Gasteiger partial charge on any atom is 0.271 e. The Labute approximate surface area is 126 Å². The lowest BCUT2D eigenvalue weighted by Crippen LogP contribution is -2.35. The van der Waals surface area contributed by atoms with E-state index < -0.39 is 0 Å². The van der Waals surface area contributed by atoms with E-state index in [4.69, 9.17) is 4.74 Å². The summed E-state index contributed by atoms with van der Waals surface area (Å²) in [5, 5.41) is 3.06. The number of amides is 1. The fourth-order valence-corrected chi connectivity index (χ4v) is 2.75. The van der Waals surface area contributed by atoms with Gasteiger partial charge in [-0.1, -0.05) is 0 Å². The molecule has 1 unspecified atom stereocenters. The molecular weight excluding hydrogens is 322 g/mol. The summed E-state index contributed by atoms with van der Waals surface area (Å²) in [7, 11) is 0. The Morgan fingerprint density at radius 1 is 1.30 bits per heavy atom. The molecule has 1 aliphatic carbocycles. The highest BCUT2D eigenvalue weighted by Gasteiger charge is 2.28. The molecule has 3 rings (SSSR count). The molecule has 2 heterocycles. The van der Waals surface area contributed by atoms with Crippen molar-refractivity contribution >= 4 is 21.8 Å². The summed E-state index contributed by atoms with van der Waals surface area (Å²) in [5.41, 5.74) is 0.451. The van der Waals surface area contributed by atoms with Crippen LogP contribution in [0.3, 0.4) is 0 Å². The van der Waals surface area contributed by atoms with Crippen LogP contribution in [0.25, 0.3) is 0 Å². The van der Waals surface area contributed by atoms with Crippen LogP contribution in [-0.2, 0) is 4.74 Å². The molecule has 2 fully saturated rings. The topological polar surface area (TPSA) is 64.1 Å². The number of carbonyl (C=O) groups excluding carboxylic acids is 1. The Kier molecular flexibility index (Phi) is 4.31. The molecule has 2 aliphatic rings. The third kappa shape index (κ3) is 3.35. The molecule has 0 radical (unpaired) electrons. The number of aromatic nitrogens is 2. The zero-order valence-corrected chi connectivity index (χ0v) is 12.9. The van der Waals surface area contributed by atoms with Gasteiger partial charge in [0.05, 0.1) is 4.47 Å². The fourth-order valence-electron chi connectivity index (χ4n) is 2.38. The normalized spacial score (nSPS) is 23.1. The van der Waals surface area contributed by atoms with Crippen molar-refractivity contribution in [3.63, 3.8) is 0 Å². The fraction of sp³-hybridized carbons (Fsp3) is 0.643. The Bertz CT molecular complexity index is 497. The summed E-state index contributed by atoms with van der Waals surface area (Å²) in [6, 6.07) is 0.177. The Morgan fingerprint density at radius 2 is 2.15 bits per heavy atom. The smallest absolute Gasteiger partial charge is 0.271 e. The van der Waals surface area contributed by atoms with Gasteiger partial charge in [-0.05, 0) is 48.0 Å². The van der Waals surface area contributed by atoms with Gasteiger partial charge in [-0.3, -0.25) is 4.79 Å². The average molecular weight is 340 g/mol. The van der Waals surface area contributed by atoms with E-state index in [0.717, 1.165) is 44.5 Å². The molecule has 1 aromatic rings. The number of carbonyl (C=O) groups is 1. The lowest BCUT2D eigenvalue weighted by Gasteiger charge is -2.15. The highest BCUT2D eigenvalue weighted by Crippen LogP contribution is 2.38. The summed E-state index contributed by atoms with van der Waals surface area (Å²) in [5.74, 6) is 1.12. The Hall–Kier alpha value is -1.01. The standard InChI is InChI=1S/C14H18BrN3O2/c15-11-8-16-13(9-3-4-9)18-12(11)14(19)17-10-2-1-6-20-7-5-10/h8-10H,1-7H2,(H,17,19). The molecule has 108 valence electrons. The van der Waals surface area contributed by atoms with Crippen molar-refractivity contribution in [2.45, 2.75) is 44.1 Å². The molecule has 1 aliphatic heterocycles. The van der Waals surface area contributed by atoms with E-state index >= 15 is 0 Å². The molecule has 1 saturated carbocycles. The lowest BCUT2D eigenvalue weighted by molar-refractivity contribution is 0.0923. The van der Waals surface area contributed by atoms with E-state index in [1.165, 1.54) is 0 Å². The van der Waals surface area contributed by atoms with Gasteiger partial charge in [-0.25, -0.2) is 9.97 Å². The molecule has 0 spiro atoms. The predicted octanol–water partition coefficient (Wildman–Crippen LogP) is 2.42. The van der Waals surface area contributed by atoms with Crippen molar-refractivity contribution in [3.05, 3.63) is 22.2 Å². The SMILES string of the molecule is O=C(NC1CCCOCC1)c1nc(C2CC2)ncc1Br. The maximum atomic E-state index is 12.4. The minimum Gasteiger partial charge on any atom is -0.381 e. The van der Waals surface area contributed by atoms with Gasteiger partial charge in [-0.15, -0.1) is 0 Å². The number of hydrogen-bond acceptors (Lipinski definition) is 4. The summed E-state index contributed by atoms with van der Waals surface area (Å²) in [6.07, 6.45) is 6.76. The van der Waals surface area contributed by atoms with Crippen molar-refractivity contribution in [1.29, 1.82) is 0 Å². The van der Waals surface area contributed by atoms with E-state index in [2.05, 4.69) is 31.2 Å². The van der Waals surface area contributed by atoms with Crippen LogP contribution in [0.2, 0.25) is 0 Å². The van der Waals surface area contributed by atoms with Gasteiger partial charge in [0.25, 0.3) is 5.91 Å². The number of nitrogens with one attached hydrogen (secondary N) is 1. The van der Waals surface area contributed by atoms with Crippen molar-refractivity contribution in [1.82, 2.24) is 15.3 Å². The Morgan fingerprint density at radius 3 is 2.95 bits per heavy atom. The van der Waals surface area contributed by atoms with Crippen molar-refractivity contribution in [2.24, 2.45) is 0 Å². The minimum absolute atomic E-state index is 0.118. The molecule has 1 amide bonds. The quantitative estimate of drug-likeness (QED) is 0.918. The Balaban J connectivity index is 1.70. The molecule has 1 atom stereocenters. The van der Waals surface area contributed by atoms with E-state index in [-0.39, 0.29) is 11.9 Å². The minimum atomic E-state index is -0.118. The van der Waals surface area contributed by atoms with Gasteiger partial charge in [0, 0.05) is 31.4 Å². The third-order valence-electron chi connectivity index (χ3n) is 3.71. The van der Waals surface area contributed by atoms with Crippen LogP contribution in [-0.4, -0.2) is 35.1 Å². The first-order chi connectivity index (χ1) is 9.74. The highest BCUT2D eigenvalue weighted by atomic mass is 79.9. The third-order valence-corrected chi connectivity index (χ3v) is 4.29. The lowest BCUT2D eigenvalue weighted by atomic mass is 10.1. The number of ether oxygens (including phenoxy) is 1. The van der Waals surface area contributed by atoms with Crippen LogP contribution in [0.4, 0.5) is 0 Å². The monoisotopic (exact) mass is 339 g/mol. The van der Waals surface area contributed by atoms with Crippen LogP contribution in [0.15, 0.2) is 10.7 Å². The van der Waals surface area contributed by atoms with Crippen LogP contribution in [0.5, 0.6) is 0 Å². The highest BCUT2D eigenvalue weighted by molar-refractivity contribution is 9.10. The number of hydrogen-bond donors (Lipinski definition) is 1. The molecule has 20 heavy (non-hydrogen) atoms. The van der Waals surface area contributed by atoms with Gasteiger partial charge in [0.15, 0.2) is 0 Å². The number of rotatable bonds is 3. The summed E-state index contributed by atoms with van der Waals surface area (Å²) < 4.78 is 6.07. The first-order valence-corrected chi connectivity index (χ1v) is 7.94. The summed E-state index contributed by atoms with van der Waals surface area (Å²) in [6.45, 7) is 1.50. The van der Waals surface area contributed by atoms with E-state index in [1.54, 1.807) is 6.20 Å².